The van der Waals surface area contributed by atoms with Crippen molar-refractivity contribution in [3.8, 4) is 5.75 Å². The molecule has 0 saturated heterocycles. The van der Waals surface area contributed by atoms with E-state index >= 15 is 0 Å². The van der Waals surface area contributed by atoms with Gasteiger partial charge in [0, 0.05) is 67.6 Å². The van der Waals surface area contributed by atoms with Gasteiger partial charge in [-0.1, -0.05) is 27.7 Å². The number of likely N-dealkylation sites (N-methyl/N-ethyl adjacent to an activating group) is 1. The van der Waals surface area contributed by atoms with Crippen LogP contribution in [0.15, 0.2) is 6.07 Å². The van der Waals surface area contributed by atoms with Crippen molar-refractivity contribution < 1.29 is 38.2 Å². The number of carbonyl (C=O) groups excluding carboxylic acids is 6. The third-order valence-corrected chi connectivity index (χ3v) is 10.9. The van der Waals surface area contributed by atoms with Gasteiger partial charge in [0.2, 0.25) is 0 Å². The van der Waals surface area contributed by atoms with Crippen LogP contribution in [0.2, 0.25) is 0 Å². The number of ether oxygens (including phenoxy) is 2. The van der Waals surface area contributed by atoms with Crippen LogP contribution >= 0.6 is 20.8 Å². The number of H-pyrrole nitrogens is 1. The molecule has 1 aromatic heterocycles. The number of esters is 2. The number of nitrogens with one attached hydrogen (secondary N) is 6. The molecule has 0 aliphatic carbocycles. The molecule has 0 saturated carbocycles. The molecule has 1 aliphatic rings. The first kappa shape index (κ1) is 48.1. The van der Waals surface area contributed by atoms with Crippen molar-refractivity contribution >= 4 is 72.5 Å². The van der Waals surface area contributed by atoms with E-state index in [1.54, 1.807) is 26.8 Å². The lowest BCUT2D eigenvalue weighted by Crippen LogP contribution is -2.51. The summed E-state index contributed by atoms with van der Waals surface area (Å²) in [6, 6.07) is -0.468. The third-order valence-electron chi connectivity index (χ3n) is 10.1. The summed E-state index contributed by atoms with van der Waals surface area (Å²) in [7, 11) is 5.63. The summed E-state index contributed by atoms with van der Waals surface area (Å²) in [6.07, 6.45) is 0.994. The van der Waals surface area contributed by atoms with Crippen molar-refractivity contribution in [2.75, 3.05) is 57.4 Å². The molecule has 0 radical (unpaired) electrons. The minimum absolute atomic E-state index is 0.000289. The van der Waals surface area contributed by atoms with Gasteiger partial charge in [0.25, 0.3) is 0 Å². The van der Waals surface area contributed by atoms with Crippen LogP contribution in [0.5, 0.6) is 5.75 Å². The van der Waals surface area contributed by atoms with Crippen molar-refractivity contribution in [3.63, 3.8) is 0 Å². The summed E-state index contributed by atoms with van der Waals surface area (Å²) in [5.41, 5.74) is 9.17. The van der Waals surface area contributed by atoms with E-state index in [1.165, 1.54) is 7.11 Å². The number of fused-ring (bicyclic) bond motifs is 3. The van der Waals surface area contributed by atoms with E-state index in [0.29, 0.717) is 53.6 Å². The van der Waals surface area contributed by atoms with E-state index in [0.717, 1.165) is 11.3 Å². The van der Waals surface area contributed by atoms with Crippen LogP contribution in [0.3, 0.4) is 0 Å². The van der Waals surface area contributed by atoms with Gasteiger partial charge in [0.1, 0.15) is 0 Å². The van der Waals surface area contributed by atoms with Crippen LogP contribution in [0.1, 0.15) is 94.8 Å². The Balaban J connectivity index is 1.56. The Morgan fingerprint density at radius 2 is 1.58 bits per heavy atom. The van der Waals surface area contributed by atoms with Gasteiger partial charge in [-0.2, -0.15) is 0 Å². The Bertz CT molecular complexity index is 1750. The number of ketones is 4. The number of anilines is 1. The molecule has 0 fully saturated rings. The van der Waals surface area contributed by atoms with Gasteiger partial charge in [0.15, 0.2) is 28.9 Å². The lowest BCUT2D eigenvalue weighted by atomic mass is 9.95. The number of aromatic amines is 1. The molecule has 0 spiro atoms. The average Bonchev–Trinajstić information content (AvgIpc) is 3.68. The quantitative estimate of drug-likeness (QED) is 0.0118. The van der Waals surface area contributed by atoms with E-state index in [4.69, 9.17) is 21.1 Å². The zero-order valence-corrected chi connectivity index (χ0v) is 36.8. The monoisotopic (exact) mass is 835 g/mol. The second kappa shape index (κ2) is 22.7. The SMILES string of the molecule is COC(=O)c1c(C)[nH]c2c(OC(=O)CCNN[C@@H](CC(C)C)C(=O)CC(=O)[C@H](C)NCN[C@@H](CC(C)C)C(=O)CN[C@@H](C)C(=O)CP)cc3c(c12)C(CCl)CN3C. The Labute approximate surface area is 343 Å². The molecule has 1 aromatic carbocycles. The molecule has 15 nitrogen and oxygen atoms in total. The molecule has 57 heavy (non-hydrogen) atoms. The number of nitrogens with zero attached hydrogens (tertiary/aromatic N) is 1. The standard InChI is InChI=1S/C40H63ClN7O8P/c1-21(2)12-27(32(51)17-42-24(6)33(52)19-57)44-20-43-23(5)30(49)15-31(50)28(13-22(3)4)47-45-11-10-35(53)56-34-14-29-37(26(16-41)18-48(29)8)38-36(40(54)55-9)25(7)46-39(34)38/h14,21-24,26-28,42-47H,10-13,15-20,57H2,1-9H3/t23-,24-,26?,27-,28-/m0/s1. The number of hydrogen-bond acceptors (Lipinski definition) is 14. The number of rotatable bonds is 26. The Morgan fingerprint density at radius 1 is 0.930 bits per heavy atom. The van der Waals surface area contributed by atoms with Gasteiger partial charge >= 0.3 is 11.9 Å². The van der Waals surface area contributed by atoms with Gasteiger partial charge in [-0.05, 0) is 51.0 Å². The van der Waals surface area contributed by atoms with Crippen molar-refractivity contribution in [3.05, 3.63) is 22.9 Å². The first-order valence-electron chi connectivity index (χ1n) is 19.7. The van der Waals surface area contributed by atoms with Crippen LogP contribution in [-0.4, -0.2) is 117 Å². The highest BCUT2D eigenvalue weighted by Gasteiger charge is 2.34. The number of alkyl halides is 1. The summed E-state index contributed by atoms with van der Waals surface area (Å²) < 4.78 is 10.9. The molecular weight excluding hydrogens is 773 g/mol. The van der Waals surface area contributed by atoms with Crippen LogP contribution in [0.25, 0.3) is 10.9 Å². The zero-order chi connectivity index (χ0) is 42.6. The average molecular weight is 836 g/mol. The number of carbonyl (C=O) groups is 6. The number of halogens is 1. The zero-order valence-electron chi connectivity index (χ0n) is 34.9. The second-order valence-corrected chi connectivity index (χ2v) is 16.4. The van der Waals surface area contributed by atoms with Crippen LogP contribution in [0.4, 0.5) is 5.69 Å². The summed E-state index contributed by atoms with van der Waals surface area (Å²) in [6.45, 7) is 14.1. The summed E-state index contributed by atoms with van der Waals surface area (Å²) in [4.78, 5) is 82.5. The Hall–Kier alpha value is -3.30. The van der Waals surface area contributed by atoms with E-state index in [1.807, 2.05) is 39.6 Å². The topological polar surface area (TPSA) is 200 Å². The van der Waals surface area contributed by atoms with Gasteiger partial charge in [-0.3, -0.25) is 40.0 Å². The van der Waals surface area contributed by atoms with Gasteiger partial charge in [-0.15, -0.1) is 20.8 Å². The molecule has 3 rings (SSSR count). The molecule has 318 valence electrons. The Kier molecular flexibility index (Phi) is 19.2. The first-order chi connectivity index (χ1) is 26.9. The highest BCUT2D eigenvalue weighted by Crippen LogP contribution is 2.46. The number of hydrazine groups is 1. The first-order valence-corrected chi connectivity index (χ1v) is 21.0. The number of methoxy groups -OCH3 is 1. The highest BCUT2D eigenvalue weighted by molar-refractivity contribution is 7.18. The van der Waals surface area contributed by atoms with Gasteiger partial charge in [0.05, 0.1) is 61.7 Å². The number of aromatic nitrogens is 1. The van der Waals surface area contributed by atoms with Crippen LogP contribution in [-0.2, 0) is 28.7 Å². The van der Waals surface area contributed by atoms with E-state index in [9.17, 15) is 28.8 Å². The summed E-state index contributed by atoms with van der Waals surface area (Å²) in [5, 5.41) is 9.89. The smallest absolute Gasteiger partial charge is 0.340 e. The molecule has 6 N–H and O–H groups in total. The number of hydrogen-bond donors (Lipinski definition) is 6. The molecule has 6 atom stereocenters. The predicted octanol–water partition coefficient (Wildman–Crippen LogP) is 3.30. The predicted molar refractivity (Wildman–Crippen MR) is 226 cm³/mol. The maximum atomic E-state index is 13.4. The van der Waals surface area contributed by atoms with Gasteiger partial charge < -0.3 is 24.7 Å². The third kappa shape index (κ3) is 13.4. The number of benzene rings is 1. The minimum atomic E-state index is -0.684. The van der Waals surface area contributed by atoms with E-state index < -0.39 is 36.1 Å². The fourth-order valence-corrected chi connectivity index (χ4v) is 7.54. The van der Waals surface area contributed by atoms with Crippen LogP contribution < -0.4 is 36.4 Å². The van der Waals surface area contributed by atoms with Crippen LogP contribution in [0, 0.1) is 18.8 Å². The molecule has 1 aliphatic heterocycles. The number of Topliss-reactive ketones (excluding diaryl/α,β-unsaturated/α-hetero) is 4. The lowest BCUT2D eigenvalue weighted by Gasteiger charge is -2.23. The maximum Gasteiger partial charge on any atom is 0.340 e. The molecule has 17 heteroatoms. The fraction of sp³-hybridized carbons (Fsp3) is 0.650. The maximum absolute atomic E-state index is 13.4. The van der Waals surface area contributed by atoms with Crippen molar-refractivity contribution in [1.82, 2.24) is 31.8 Å². The normalized spacial score (nSPS) is 16.1. The molecule has 2 aromatic rings. The van der Waals surface area contributed by atoms with E-state index in [-0.39, 0.29) is 79.2 Å². The molecule has 0 amide bonds. The molecule has 0 bridgehead atoms. The minimum Gasteiger partial charge on any atom is -0.465 e. The van der Waals surface area contributed by atoms with Crippen molar-refractivity contribution in [2.45, 2.75) is 104 Å². The lowest BCUT2D eigenvalue weighted by molar-refractivity contribution is -0.134. The summed E-state index contributed by atoms with van der Waals surface area (Å²) in [5.74, 6) is -0.733. The fourth-order valence-electron chi connectivity index (χ4n) is 6.93. The highest BCUT2D eigenvalue weighted by atomic mass is 35.5. The van der Waals surface area contributed by atoms with Crippen molar-refractivity contribution in [1.29, 1.82) is 0 Å². The van der Waals surface area contributed by atoms with Gasteiger partial charge in [-0.25, -0.2) is 10.2 Å². The molecular formula is C40H63ClN7O8P. The molecule has 2 unspecified atom stereocenters. The number of aryl methyl sites for hydroxylation is 1. The largest absolute Gasteiger partial charge is 0.465 e. The Morgan fingerprint density at radius 3 is 2.19 bits per heavy atom. The summed E-state index contributed by atoms with van der Waals surface area (Å²) >= 11 is 6.34. The molecule has 2 heterocycles. The van der Waals surface area contributed by atoms with E-state index in [2.05, 4.69) is 41.0 Å². The second-order valence-electron chi connectivity index (χ2n) is 15.7. The van der Waals surface area contributed by atoms with Crippen molar-refractivity contribution in [2.24, 2.45) is 11.8 Å².